The molecule has 0 bridgehead atoms. The molecule has 0 aromatic heterocycles. The first kappa shape index (κ1) is 14.7. The van der Waals surface area contributed by atoms with Crippen molar-refractivity contribution in [3.05, 3.63) is 42.5 Å². The maximum absolute atomic E-state index is 9.86. The number of phenols is 1. The highest BCUT2D eigenvalue weighted by Gasteiger charge is 2.15. The topological polar surface area (TPSA) is 43.7 Å². The standard InChI is InChI=1S/C15H23NO2/c1-4-5-8-15(18)11-16(3)12(2)13-7-6-9-14(17)10-13/h4,6-7,9-10,12,15,17-18H,1,5,8,11H2,2-3H3. The summed E-state index contributed by atoms with van der Waals surface area (Å²) in [5, 5.41) is 19.3. The van der Waals surface area contributed by atoms with E-state index < -0.39 is 0 Å². The highest BCUT2D eigenvalue weighted by Crippen LogP contribution is 2.22. The second-order valence-electron chi connectivity index (χ2n) is 4.73. The van der Waals surface area contributed by atoms with Gasteiger partial charge >= 0.3 is 0 Å². The zero-order valence-electron chi connectivity index (χ0n) is 11.2. The number of hydrogen-bond donors (Lipinski definition) is 2. The van der Waals surface area contributed by atoms with Crippen LogP contribution in [0.4, 0.5) is 0 Å². The number of rotatable bonds is 7. The second-order valence-corrected chi connectivity index (χ2v) is 4.73. The van der Waals surface area contributed by atoms with Gasteiger partial charge in [-0.2, -0.15) is 0 Å². The first-order valence-corrected chi connectivity index (χ1v) is 6.32. The van der Waals surface area contributed by atoms with E-state index in [1.165, 1.54) is 0 Å². The molecular formula is C15H23NO2. The van der Waals surface area contributed by atoms with Gasteiger partial charge in [-0.1, -0.05) is 18.2 Å². The van der Waals surface area contributed by atoms with Crippen LogP contribution in [0.3, 0.4) is 0 Å². The summed E-state index contributed by atoms with van der Waals surface area (Å²) in [6, 6.07) is 7.41. The van der Waals surface area contributed by atoms with Crippen molar-refractivity contribution >= 4 is 0 Å². The van der Waals surface area contributed by atoms with Crippen LogP contribution in [-0.2, 0) is 0 Å². The maximum atomic E-state index is 9.86. The lowest BCUT2D eigenvalue weighted by atomic mass is 10.1. The largest absolute Gasteiger partial charge is 0.508 e. The van der Waals surface area contributed by atoms with Crippen molar-refractivity contribution in [2.75, 3.05) is 13.6 Å². The summed E-state index contributed by atoms with van der Waals surface area (Å²) in [7, 11) is 1.98. The monoisotopic (exact) mass is 249 g/mol. The molecule has 0 fully saturated rings. The molecule has 0 radical (unpaired) electrons. The number of aliphatic hydroxyl groups excluding tert-OH is 1. The molecule has 0 aliphatic carbocycles. The molecular weight excluding hydrogens is 226 g/mol. The molecule has 1 aromatic rings. The first-order valence-electron chi connectivity index (χ1n) is 6.32. The third-order valence-corrected chi connectivity index (χ3v) is 3.22. The number of likely N-dealkylation sites (N-methyl/N-ethyl adjacent to an activating group) is 1. The molecule has 1 rings (SSSR count). The Morgan fingerprint density at radius 1 is 1.44 bits per heavy atom. The van der Waals surface area contributed by atoms with Crippen LogP contribution in [0.15, 0.2) is 36.9 Å². The molecule has 0 amide bonds. The number of phenolic OH excluding ortho intramolecular Hbond substituents is 1. The Morgan fingerprint density at radius 2 is 2.17 bits per heavy atom. The fourth-order valence-corrected chi connectivity index (χ4v) is 1.93. The summed E-state index contributed by atoms with van der Waals surface area (Å²) in [4.78, 5) is 2.09. The molecule has 100 valence electrons. The second kappa shape index (κ2) is 7.19. The molecule has 0 aliphatic rings. The van der Waals surface area contributed by atoms with Crippen molar-refractivity contribution in [1.29, 1.82) is 0 Å². The quantitative estimate of drug-likeness (QED) is 0.730. The summed E-state index contributed by atoms with van der Waals surface area (Å²) < 4.78 is 0. The van der Waals surface area contributed by atoms with E-state index in [1.54, 1.807) is 12.1 Å². The number of hydrogen-bond acceptors (Lipinski definition) is 3. The predicted octanol–water partition coefficient (Wildman–Crippen LogP) is 2.71. The third-order valence-electron chi connectivity index (χ3n) is 3.22. The summed E-state index contributed by atoms with van der Waals surface area (Å²) in [6.07, 6.45) is 3.05. The van der Waals surface area contributed by atoms with Crippen molar-refractivity contribution in [3.63, 3.8) is 0 Å². The Balaban J connectivity index is 2.55. The Hall–Kier alpha value is -1.32. The number of benzene rings is 1. The summed E-state index contributed by atoms with van der Waals surface area (Å²) >= 11 is 0. The van der Waals surface area contributed by atoms with Crippen LogP contribution in [0, 0.1) is 0 Å². The van der Waals surface area contributed by atoms with E-state index in [4.69, 9.17) is 0 Å². The molecule has 3 heteroatoms. The fourth-order valence-electron chi connectivity index (χ4n) is 1.93. The molecule has 0 spiro atoms. The Kier molecular flexibility index (Phi) is 5.89. The zero-order valence-corrected chi connectivity index (χ0v) is 11.2. The van der Waals surface area contributed by atoms with Gasteiger partial charge in [-0.15, -0.1) is 6.58 Å². The van der Waals surface area contributed by atoms with Gasteiger partial charge in [-0.25, -0.2) is 0 Å². The van der Waals surface area contributed by atoms with Crippen molar-refractivity contribution < 1.29 is 10.2 Å². The highest BCUT2D eigenvalue weighted by molar-refractivity contribution is 5.29. The average Bonchev–Trinajstić information content (AvgIpc) is 2.35. The van der Waals surface area contributed by atoms with Crippen molar-refractivity contribution in [2.45, 2.75) is 31.9 Å². The minimum absolute atomic E-state index is 0.162. The zero-order chi connectivity index (χ0) is 13.5. The minimum Gasteiger partial charge on any atom is -0.508 e. The summed E-state index contributed by atoms with van der Waals surface area (Å²) in [5.41, 5.74) is 1.05. The Morgan fingerprint density at radius 3 is 2.78 bits per heavy atom. The van der Waals surface area contributed by atoms with Crippen LogP contribution in [0.2, 0.25) is 0 Å². The Bertz CT molecular complexity index is 379. The van der Waals surface area contributed by atoms with E-state index >= 15 is 0 Å². The lowest BCUT2D eigenvalue weighted by Crippen LogP contribution is -2.31. The molecule has 18 heavy (non-hydrogen) atoms. The van der Waals surface area contributed by atoms with E-state index in [0.29, 0.717) is 6.54 Å². The summed E-state index contributed by atoms with van der Waals surface area (Å²) in [5.74, 6) is 0.278. The molecule has 0 saturated carbocycles. The molecule has 2 N–H and O–H groups in total. The number of aliphatic hydroxyl groups is 1. The lowest BCUT2D eigenvalue weighted by Gasteiger charge is -2.27. The van der Waals surface area contributed by atoms with Gasteiger partial charge in [0.15, 0.2) is 0 Å². The molecule has 0 saturated heterocycles. The van der Waals surface area contributed by atoms with E-state index in [0.717, 1.165) is 18.4 Å². The van der Waals surface area contributed by atoms with Crippen LogP contribution >= 0.6 is 0 Å². The van der Waals surface area contributed by atoms with Gasteiger partial charge in [0.25, 0.3) is 0 Å². The lowest BCUT2D eigenvalue weighted by molar-refractivity contribution is 0.102. The van der Waals surface area contributed by atoms with Crippen LogP contribution in [-0.4, -0.2) is 34.8 Å². The minimum atomic E-state index is -0.340. The van der Waals surface area contributed by atoms with Gasteiger partial charge in [0.1, 0.15) is 5.75 Å². The molecule has 2 atom stereocenters. The number of allylic oxidation sites excluding steroid dienone is 1. The van der Waals surface area contributed by atoms with Crippen LogP contribution < -0.4 is 0 Å². The predicted molar refractivity (Wildman–Crippen MR) is 74.6 cm³/mol. The van der Waals surface area contributed by atoms with Gasteiger partial charge in [-0.3, -0.25) is 4.90 Å². The average molecular weight is 249 g/mol. The van der Waals surface area contributed by atoms with Crippen LogP contribution in [0.1, 0.15) is 31.4 Å². The van der Waals surface area contributed by atoms with Gasteiger partial charge < -0.3 is 10.2 Å². The van der Waals surface area contributed by atoms with E-state index in [2.05, 4.69) is 18.4 Å². The van der Waals surface area contributed by atoms with Gasteiger partial charge in [0.2, 0.25) is 0 Å². The van der Waals surface area contributed by atoms with E-state index in [-0.39, 0.29) is 17.9 Å². The number of aromatic hydroxyl groups is 1. The normalized spacial score (nSPS) is 14.4. The van der Waals surface area contributed by atoms with Gasteiger partial charge in [0.05, 0.1) is 6.10 Å². The van der Waals surface area contributed by atoms with Gasteiger partial charge in [-0.05, 0) is 44.5 Å². The molecule has 0 aliphatic heterocycles. The number of nitrogens with zero attached hydrogens (tertiary/aromatic N) is 1. The van der Waals surface area contributed by atoms with E-state index in [9.17, 15) is 10.2 Å². The molecule has 0 heterocycles. The van der Waals surface area contributed by atoms with Crippen LogP contribution in [0.25, 0.3) is 0 Å². The Labute approximate surface area is 109 Å². The maximum Gasteiger partial charge on any atom is 0.115 e. The highest BCUT2D eigenvalue weighted by atomic mass is 16.3. The van der Waals surface area contributed by atoms with Gasteiger partial charge in [0, 0.05) is 12.6 Å². The van der Waals surface area contributed by atoms with E-state index in [1.807, 2.05) is 25.3 Å². The van der Waals surface area contributed by atoms with Crippen LogP contribution in [0.5, 0.6) is 5.75 Å². The molecule has 1 aromatic carbocycles. The third kappa shape index (κ3) is 4.51. The van der Waals surface area contributed by atoms with Crippen molar-refractivity contribution in [3.8, 4) is 5.75 Å². The molecule has 2 unspecified atom stereocenters. The smallest absolute Gasteiger partial charge is 0.115 e. The van der Waals surface area contributed by atoms with Crippen molar-refractivity contribution in [1.82, 2.24) is 4.90 Å². The fraction of sp³-hybridized carbons (Fsp3) is 0.467. The van der Waals surface area contributed by atoms with Crippen molar-refractivity contribution in [2.24, 2.45) is 0 Å². The first-order chi connectivity index (χ1) is 8.54. The SMILES string of the molecule is C=CCCC(O)CN(C)C(C)c1cccc(O)c1. The summed E-state index contributed by atoms with van der Waals surface area (Å²) in [6.45, 7) is 6.33. The molecule has 3 nitrogen and oxygen atoms in total.